The Hall–Kier alpha value is -2.08. The third-order valence-electron chi connectivity index (χ3n) is 5.24. The van der Waals surface area contributed by atoms with E-state index in [1.165, 1.54) is 0 Å². The molecule has 0 saturated carbocycles. The second-order valence-corrected chi connectivity index (χ2v) is 7.18. The van der Waals surface area contributed by atoms with E-state index in [1.807, 2.05) is 40.1 Å². The van der Waals surface area contributed by atoms with Crippen molar-refractivity contribution in [1.29, 1.82) is 0 Å². The molecule has 2 aliphatic heterocycles. The average molecular weight is 359 g/mol. The number of piperidine rings is 1. The van der Waals surface area contributed by atoms with Crippen LogP contribution in [0.5, 0.6) is 5.75 Å². The van der Waals surface area contributed by atoms with Crippen LogP contribution >= 0.6 is 0 Å². The lowest BCUT2D eigenvalue weighted by atomic mass is 9.95. The van der Waals surface area contributed by atoms with Gasteiger partial charge in [0.15, 0.2) is 0 Å². The zero-order valence-corrected chi connectivity index (χ0v) is 15.5. The molecule has 6 heteroatoms. The molecule has 0 spiro atoms. The van der Waals surface area contributed by atoms with Crippen LogP contribution in [0.15, 0.2) is 30.3 Å². The molecule has 2 fully saturated rings. The van der Waals surface area contributed by atoms with Crippen LogP contribution in [0.3, 0.4) is 0 Å². The van der Waals surface area contributed by atoms with Crippen molar-refractivity contribution in [3.05, 3.63) is 30.3 Å². The van der Waals surface area contributed by atoms with E-state index in [0.29, 0.717) is 19.6 Å². The van der Waals surface area contributed by atoms with Gasteiger partial charge in [0.25, 0.3) is 0 Å². The van der Waals surface area contributed by atoms with E-state index in [9.17, 15) is 9.59 Å². The van der Waals surface area contributed by atoms with Gasteiger partial charge in [-0.05, 0) is 31.9 Å². The number of ether oxygens (including phenoxy) is 1. The molecule has 1 aromatic carbocycles. The average Bonchev–Trinajstić information content (AvgIpc) is 2.69. The number of nitrogens with zero attached hydrogens (tertiary/aromatic N) is 2. The Kier molecular flexibility index (Phi) is 6.50. The highest BCUT2D eigenvalue weighted by Crippen LogP contribution is 2.21. The Morgan fingerprint density at radius 2 is 2.04 bits per heavy atom. The number of nitrogens with one attached hydrogen (secondary N) is 1. The fourth-order valence-electron chi connectivity index (χ4n) is 3.74. The molecule has 1 aromatic rings. The first-order valence-corrected chi connectivity index (χ1v) is 9.62. The first-order chi connectivity index (χ1) is 12.6. The van der Waals surface area contributed by atoms with Crippen LogP contribution in [0.4, 0.5) is 0 Å². The summed E-state index contributed by atoms with van der Waals surface area (Å²) in [7, 11) is 0. The molecule has 6 nitrogen and oxygen atoms in total. The molecule has 0 aromatic heterocycles. The Balaban J connectivity index is 1.47. The fourth-order valence-corrected chi connectivity index (χ4v) is 3.74. The van der Waals surface area contributed by atoms with Crippen molar-refractivity contribution in [2.45, 2.75) is 32.2 Å². The van der Waals surface area contributed by atoms with E-state index in [4.69, 9.17) is 4.74 Å². The van der Waals surface area contributed by atoms with E-state index in [2.05, 4.69) is 12.2 Å². The fraction of sp³-hybridized carbons (Fsp3) is 0.600. The Labute approximate surface area is 155 Å². The van der Waals surface area contributed by atoms with Crippen LogP contribution in [0.25, 0.3) is 0 Å². The summed E-state index contributed by atoms with van der Waals surface area (Å²) < 4.78 is 5.62. The van der Waals surface area contributed by atoms with E-state index in [-0.39, 0.29) is 23.8 Å². The van der Waals surface area contributed by atoms with Crippen LogP contribution in [0.2, 0.25) is 0 Å². The first-order valence-electron chi connectivity index (χ1n) is 9.62. The topological polar surface area (TPSA) is 61.9 Å². The van der Waals surface area contributed by atoms with Crippen molar-refractivity contribution in [3.8, 4) is 5.75 Å². The molecule has 2 atom stereocenters. The Bertz CT molecular complexity index is 608. The zero-order valence-electron chi connectivity index (χ0n) is 15.5. The van der Waals surface area contributed by atoms with Crippen LogP contribution < -0.4 is 10.1 Å². The van der Waals surface area contributed by atoms with Crippen molar-refractivity contribution < 1.29 is 14.3 Å². The summed E-state index contributed by atoms with van der Waals surface area (Å²) in [5, 5.41) is 3.31. The van der Waals surface area contributed by atoms with Gasteiger partial charge >= 0.3 is 0 Å². The molecule has 2 amide bonds. The molecule has 142 valence electrons. The van der Waals surface area contributed by atoms with Crippen molar-refractivity contribution >= 4 is 11.8 Å². The molecule has 2 aliphatic rings. The number of hydrogen-bond acceptors (Lipinski definition) is 4. The summed E-state index contributed by atoms with van der Waals surface area (Å²) in [5.74, 6) is 0.992. The quantitative estimate of drug-likeness (QED) is 0.866. The van der Waals surface area contributed by atoms with E-state index >= 15 is 0 Å². The number of para-hydroxylation sites is 1. The van der Waals surface area contributed by atoms with Gasteiger partial charge in [-0.15, -0.1) is 0 Å². The number of piperazine rings is 1. The Morgan fingerprint density at radius 3 is 2.81 bits per heavy atom. The van der Waals surface area contributed by atoms with Crippen molar-refractivity contribution in [2.24, 2.45) is 5.92 Å². The van der Waals surface area contributed by atoms with Gasteiger partial charge in [0.1, 0.15) is 5.75 Å². The van der Waals surface area contributed by atoms with Crippen LogP contribution in [0.1, 0.15) is 26.2 Å². The number of carbonyl (C=O) groups excluding carboxylic acids is 2. The van der Waals surface area contributed by atoms with Gasteiger partial charge < -0.3 is 19.9 Å². The smallest absolute Gasteiger partial charge is 0.227 e. The maximum absolute atomic E-state index is 12.9. The summed E-state index contributed by atoms with van der Waals surface area (Å²) in [5.41, 5.74) is 0. The standard InChI is InChI=1S/C20H29N3O3/c1-16-14-21-10-12-23(16)20(25)17-6-5-11-22(15-17)19(24)9-13-26-18-7-3-2-4-8-18/h2-4,7-8,16-17,21H,5-6,9-15H2,1H3/t16-,17?/m0/s1. The van der Waals surface area contributed by atoms with Crippen molar-refractivity contribution in [2.75, 3.05) is 39.3 Å². The van der Waals surface area contributed by atoms with Crippen LogP contribution in [-0.4, -0.2) is 67.0 Å². The molecule has 2 heterocycles. The minimum absolute atomic E-state index is 0.0664. The number of hydrogen-bond donors (Lipinski definition) is 1. The number of amides is 2. The third-order valence-corrected chi connectivity index (χ3v) is 5.24. The Morgan fingerprint density at radius 1 is 1.23 bits per heavy atom. The molecule has 2 saturated heterocycles. The maximum atomic E-state index is 12.9. The van der Waals surface area contributed by atoms with Gasteiger partial charge in [-0.1, -0.05) is 18.2 Å². The summed E-state index contributed by atoms with van der Waals surface area (Å²) >= 11 is 0. The third kappa shape index (κ3) is 4.75. The second-order valence-electron chi connectivity index (χ2n) is 7.18. The highest BCUT2D eigenvalue weighted by atomic mass is 16.5. The molecule has 0 bridgehead atoms. The highest BCUT2D eigenvalue weighted by molar-refractivity contribution is 5.81. The minimum Gasteiger partial charge on any atom is -0.493 e. The predicted octanol–water partition coefficient (Wildman–Crippen LogP) is 1.51. The van der Waals surface area contributed by atoms with E-state index in [0.717, 1.165) is 44.8 Å². The zero-order chi connectivity index (χ0) is 18.4. The van der Waals surface area contributed by atoms with Gasteiger partial charge in [-0.2, -0.15) is 0 Å². The van der Waals surface area contributed by atoms with E-state index in [1.54, 1.807) is 0 Å². The monoisotopic (exact) mass is 359 g/mol. The number of carbonyl (C=O) groups is 2. The van der Waals surface area contributed by atoms with Gasteiger partial charge in [0, 0.05) is 38.8 Å². The van der Waals surface area contributed by atoms with Crippen LogP contribution in [-0.2, 0) is 9.59 Å². The lowest BCUT2D eigenvalue weighted by Crippen LogP contribution is -2.56. The summed E-state index contributed by atoms with van der Waals surface area (Å²) in [6.07, 6.45) is 2.11. The molecule has 26 heavy (non-hydrogen) atoms. The number of benzene rings is 1. The SMILES string of the molecule is C[C@H]1CNCCN1C(=O)C1CCCN(C(=O)CCOc2ccccc2)C1. The summed E-state index contributed by atoms with van der Waals surface area (Å²) in [4.78, 5) is 29.2. The second kappa shape index (κ2) is 9.03. The molecule has 0 aliphatic carbocycles. The summed E-state index contributed by atoms with van der Waals surface area (Å²) in [6.45, 7) is 6.18. The van der Waals surface area contributed by atoms with Gasteiger partial charge in [0.2, 0.25) is 11.8 Å². The molecule has 3 rings (SSSR count). The molecule has 1 N–H and O–H groups in total. The minimum atomic E-state index is -0.0664. The summed E-state index contributed by atoms with van der Waals surface area (Å²) in [6, 6.07) is 9.75. The molecular weight excluding hydrogens is 330 g/mol. The number of rotatable bonds is 5. The predicted molar refractivity (Wildman–Crippen MR) is 99.9 cm³/mol. The normalized spacial score (nSPS) is 23.6. The first kappa shape index (κ1) is 18.7. The van der Waals surface area contributed by atoms with Crippen molar-refractivity contribution in [1.82, 2.24) is 15.1 Å². The van der Waals surface area contributed by atoms with Gasteiger partial charge in [-0.25, -0.2) is 0 Å². The van der Waals surface area contributed by atoms with E-state index < -0.39 is 0 Å². The van der Waals surface area contributed by atoms with Crippen LogP contribution in [0, 0.1) is 5.92 Å². The number of likely N-dealkylation sites (tertiary alicyclic amines) is 1. The lowest BCUT2D eigenvalue weighted by molar-refractivity contribution is -0.143. The highest BCUT2D eigenvalue weighted by Gasteiger charge is 2.33. The molecule has 0 radical (unpaired) electrons. The largest absolute Gasteiger partial charge is 0.493 e. The molecule has 1 unspecified atom stereocenters. The molecular formula is C20H29N3O3. The maximum Gasteiger partial charge on any atom is 0.227 e. The van der Waals surface area contributed by atoms with Gasteiger partial charge in [-0.3, -0.25) is 9.59 Å². The van der Waals surface area contributed by atoms with Crippen molar-refractivity contribution in [3.63, 3.8) is 0 Å². The lowest BCUT2D eigenvalue weighted by Gasteiger charge is -2.39. The van der Waals surface area contributed by atoms with Gasteiger partial charge in [0.05, 0.1) is 18.9 Å².